The first-order chi connectivity index (χ1) is 9.21. The quantitative estimate of drug-likeness (QED) is 0.727. The molecule has 0 bridgehead atoms. The largest absolute Gasteiger partial charge is 0.396 e. The average molecular weight is 271 g/mol. The highest BCUT2D eigenvalue weighted by atomic mass is 16.5. The van der Waals surface area contributed by atoms with Crippen LogP contribution in [0, 0.1) is 11.3 Å². The number of hydrogen-bond acceptors (Lipinski definition) is 4. The first-order valence-corrected chi connectivity index (χ1v) is 7.62. The molecule has 2 fully saturated rings. The Labute approximate surface area is 117 Å². The fourth-order valence-corrected chi connectivity index (χ4v) is 3.11. The van der Waals surface area contributed by atoms with E-state index in [-0.39, 0.29) is 12.0 Å². The van der Waals surface area contributed by atoms with E-state index in [1.807, 2.05) is 0 Å². The lowest BCUT2D eigenvalue weighted by molar-refractivity contribution is -0.0441. The van der Waals surface area contributed by atoms with Crippen LogP contribution in [-0.4, -0.2) is 62.7 Å². The van der Waals surface area contributed by atoms with Gasteiger partial charge >= 0.3 is 0 Å². The van der Waals surface area contributed by atoms with Crippen LogP contribution in [-0.2, 0) is 9.47 Å². The second-order valence-electron chi connectivity index (χ2n) is 6.31. The van der Waals surface area contributed by atoms with Gasteiger partial charge in [-0.05, 0) is 38.5 Å². The Morgan fingerprint density at radius 1 is 1.37 bits per heavy atom. The van der Waals surface area contributed by atoms with Gasteiger partial charge in [-0.25, -0.2) is 0 Å². The van der Waals surface area contributed by atoms with Crippen LogP contribution >= 0.6 is 0 Å². The molecule has 1 aliphatic heterocycles. The van der Waals surface area contributed by atoms with Crippen molar-refractivity contribution in [2.24, 2.45) is 11.3 Å². The molecule has 19 heavy (non-hydrogen) atoms. The van der Waals surface area contributed by atoms with Gasteiger partial charge in [-0.2, -0.15) is 0 Å². The van der Waals surface area contributed by atoms with Crippen LogP contribution in [0.3, 0.4) is 0 Å². The Kier molecular flexibility index (Phi) is 5.63. The topological polar surface area (TPSA) is 41.9 Å². The number of aliphatic hydroxyl groups excluding tert-OH is 1. The van der Waals surface area contributed by atoms with E-state index in [4.69, 9.17) is 9.47 Å². The van der Waals surface area contributed by atoms with Crippen molar-refractivity contribution in [3.8, 4) is 0 Å². The highest BCUT2D eigenvalue weighted by Crippen LogP contribution is 2.38. The van der Waals surface area contributed by atoms with Crippen molar-refractivity contribution >= 4 is 0 Å². The zero-order valence-corrected chi connectivity index (χ0v) is 12.4. The fraction of sp³-hybridized carbons (Fsp3) is 1.00. The summed E-state index contributed by atoms with van der Waals surface area (Å²) in [6, 6.07) is 0.612. The molecule has 1 aliphatic carbocycles. The van der Waals surface area contributed by atoms with Gasteiger partial charge in [0, 0.05) is 44.9 Å². The monoisotopic (exact) mass is 271 g/mol. The molecule has 1 atom stereocenters. The van der Waals surface area contributed by atoms with E-state index in [0.29, 0.717) is 6.04 Å². The smallest absolute Gasteiger partial charge is 0.0589 e. The molecule has 1 heterocycles. The van der Waals surface area contributed by atoms with Crippen LogP contribution in [0.15, 0.2) is 0 Å². The van der Waals surface area contributed by atoms with E-state index in [0.717, 1.165) is 51.7 Å². The molecule has 1 N–H and O–H groups in total. The van der Waals surface area contributed by atoms with Gasteiger partial charge in [-0.1, -0.05) is 0 Å². The standard InChI is InChI=1S/C15H29NO3/c1-13(14-3-4-14)16(7-10-18-2)11-15(12-17)5-8-19-9-6-15/h13-14,17H,3-12H2,1-2H3. The Morgan fingerprint density at radius 2 is 2.05 bits per heavy atom. The molecule has 4 nitrogen and oxygen atoms in total. The maximum absolute atomic E-state index is 9.84. The predicted molar refractivity (Wildman–Crippen MR) is 75.2 cm³/mol. The van der Waals surface area contributed by atoms with Crippen molar-refractivity contribution < 1.29 is 14.6 Å². The maximum Gasteiger partial charge on any atom is 0.0589 e. The summed E-state index contributed by atoms with van der Waals surface area (Å²) >= 11 is 0. The minimum absolute atomic E-state index is 0.0368. The van der Waals surface area contributed by atoms with Gasteiger partial charge in [0.15, 0.2) is 0 Å². The highest BCUT2D eigenvalue weighted by molar-refractivity contribution is 4.90. The van der Waals surface area contributed by atoms with E-state index in [1.165, 1.54) is 12.8 Å². The van der Waals surface area contributed by atoms with Crippen LogP contribution in [0.5, 0.6) is 0 Å². The van der Waals surface area contributed by atoms with E-state index < -0.39 is 0 Å². The predicted octanol–water partition coefficient (Wildman–Crippen LogP) is 1.52. The summed E-state index contributed by atoms with van der Waals surface area (Å²) in [5.41, 5.74) is 0.0368. The van der Waals surface area contributed by atoms with Crippen LogP contribution in [0.2, 0.25) is 0 Å². The van der Waals surface area contributed by atoms with Crippen molar-refractivity contribution in [3.63, 3.8) is 0 Å². The van der Waals surface area contributed by atoms with Gasteiger partial charge in [-0.3, -0.25) is 4.90 Å². The first-order valence-electron chi connectivity index (χ1n) is 7.62. The summed E-state index contributed by atoms with van der Waals surface area (Å²) in [6.45, 7) is 6.90. The van der Waals surface area contributed by atoms with Crippen molar-refractivity contribution in [2.75, 3.05) is 46.6 Å². The summed E-state index contributed by atoms with van der Waals surface area (Å²) in [7, 11) is 1.76. The normalized spacial score (nSPS) is 24.6. The second kappa shape index (κ2) is 7.02. The molecule has 112 valence electrons. The van der Waals surface area contributed by atoms with Gasteiger partial charge in [0.2, 0.25) is 0 Å². The lowest BCUT2D eigenvalue weighted by Gasteiger charge is -2.42. The van der Waals surface area contributed by atoms with Gasteiger partial charge in [0.25, 0.3) is 0 Å². The molecule has 2 aliphatic rings. The van der Waals surface area contributed by atoms with E-state index in [2.05, 4.69) is 11.8 Å². The van der Waals surface area contributed by atoms with Crippen molar-refractivity contribution in [2.45, 2.75) is 38.6 Å². The minimum Gasteiger partial charge on any atom is -0.396 e. The number of ether oxygens (including phenoxy) is 2. The third kappa shape index (κ3) is 4.15. The summed E-state index contributed by atoms with van der Waals surface area (Å²) in [5, 5.41) is 9.84. The van der Waals surface area contributed by atoms with E-state index in [1.54, 1.807) is 7.11 Å². The number of aliphatic hydroxyl groups is 1. The Balaban J connectivity index is 1.95. The van der Waals surface area contributed by atoms with Crippen LogP contribution < -0.4 is 0 Å². The molecule has 0 aromatic heterocycles. The maximum atomic E-state index is 9.84. The molecular formula is C15H29NO3. The van der Waals surface area contributed by atoms with Gasteiger partial charge in [0.05, 0.1) is 13.2 Å². The van der Waals surface area contributed by atoms with E-state index >= 15 is 0 Å². The van der Waals surface area contributed by atoms with Gasteiger partial charge < -0.3 is 14.6 Å². The van der Waals surface area contributed by atoms with Crippen molar-refractivity contribution in [1.29, 1.82) is 0 Å². The van der Waals surface area contributed by atoms with Crippen LogP contribution in [0.4, 0.5) is 0 Å². The molecule has 1 saturated heterocycles. The summed E-state index contributed by atoms with van der Waals surface area (Å²) in [5.74, 6) is 0.854. The second-order valence-corrected chi connectivity index (χ2v) is 6.31. The molecule has 1 saturated carbocycles. The Morgan fingerprint density at radius 3 is 2.58 bits per heavy atom. The van der Waals surface area contributed by atoms with E-state index in [9.17, 15) is 5.11 Å². The van der Waals surface area contributed by atoms with Crippen molar-refractivity contribution in [3.05, 3.63) is 0 Å². The number of rotatable bonds is 8. The highest BCUT2D eigenvalue weighted by Gasteiger charge is 2.38. The van der Waals surface area contributed by atoms with Crippen LogP contribution in [0.1, 0.15) is 32.6 Å². The molecule has 0 spiro atoms. The average Bonchev–Trinajstić information content (AvgIpc) is 3.28. The molecule has 1 unspecified atom stereocenters. The fourth-order valence-electron chi connectivity index (χ4n) is 3.11. The zero-order chi connectivity index (χ0) is 13.7. The van der Waals surface area contributed by atoms with Gasteiger partial charge in [-0.15, -0.1) is 0 Å². The van der Waals surface area contributed by atoms with Gasteiger partial charge in [0.1, 0.15) is 0 Å². The third-order valence-electron chi connectivity index (χ3n) is 4.89. The summed E-state index contributed by atoms with van der Waals surface area (Å²) in [6.07, 6.45) is 4.68. The molecule has 0 aromatic rings. The molecule has 0 radical (unpaired) electrons. The molecular weight excluding hydrogens is 242 g/mol. The molecule has 0 aromatic carbocycles. The SMILES string of the molecule is COCCN(CC1(CO)CCOCC1)C(C)C1CC1. The molecule has 4 heteroatoms. The Hall–Kier alpha value is -0.160. The lowest BCUT2D eigenvalue weighted by Crippen LogP contribution is -2.48. The summed E-state index contributed by atoms with van der Waals surface area (Å²) < 4.78 is 10.7. The number of nitrogens with zero attached hydrogens (tertiary/aromatic N) is 1. The summed E-state index contributed by atoms with van der Waals surface area (Å²) in [4.78, 5) is 2.53. The van der Waals surface area contributed by atoms with Crippen molar-refractivity contribution in [1.82, 2.24) is 4.90 Å². The minimum atomic E-state index is 0.0368. The molecule has 0 amide bonds. The first kappa shape index (κ1) is 15.2. The Bertz CT molecular complexity index is 262. The number of hydrogen-bond donors (Lipinski definition) is 1. The lowest BCUT2D eigenvalue weighted by atomic mass is 9.80. The zero-order valence-electron chi connectivity index (χ0n) is 12.4. The van der Waals surface area contributed by atoms with Crippen LogP contribution in [0.25, 0.3) is 0 Å². The molecule has 2 rings (SSSR count). The third-order valence-corrected chi connectivity index (χ3v) is 4.89. The number of methoxy groups -OCH3 is 1.